The number of carbonyl (C=O) groups is 3. The van der Waals surface area contributed by atoms with Crippen LogP contribution < -0.4 is 14.7 Å². The minimum atomic E-state index is 0. The highest BCUT2D eigenvalue weighted by atomic mass is 16.2. The van der Waals surface area contributed by atoms with Gasteiger partial charge in [0.15, 0.2) is 0 Å². The third kappa shape index (κ3) is 7.80. The van der Waals surface area contributed by atoms with Gasteiger partial charge in [-0.15, -0.1) is 0 Å². The molecule has 3 aromatic rings. The third-order valence-electron chi connectivity index (χ3n) is 9.14. The van der Waals surface area contributed by atoms with E-state index in [0.29, 0.717) is 31.1 Å². The molecule has 0 radical (unpaired) electrons. The van der Waals surface area contributed by atoms with Crippen molar-refractivity contribution < 1.29 is 14.4 Å². The van der Waals surface area contributed by atoms with Crippen LogP contribution in [-0.2, 0) is 52.9 Å². The molecule has 0 spiro atoms. The second-order valence-corrected chi connectivity index (χ2v) is 11.5. The number of amides is 3. The summed E-state index contributed by atoms with van der Waals surface area (Å²) in [6, 6.07) is 19.1. The molecule has 0 bridgehead atoms. The molecular weight excluding hydrogens is 582 g/mol. The fourth-order valence-electron chi connectivity index (χ4n) is 7.31. The number of hydrogen-bond acceptors (Lipinski definition) is 3. The number of anilines is 3. The van der Waals surface area contributed by atoms with Gasteiger partial charge in [0.25, 0.3) is 0 Å². The zero-order valence-electron chi connectivity index (χ0n) is 29.0. The fraction of sp³-hybridized carbons (Fsp3) is 0.488. The molecule has 0 aliphatic carbocycles. The highest BCUT2D eigenvalue weighted by Gasteiger charge is 2.32. The number of hydrogen-bond donors (Lipinski definition) is 0. The topological polar surface area (TPSA) is 60.9 Å². The Labute approximate surface area is 284 Å². The summed E-state index contributed by atoms with van der Waals surface area (Å²) in [6.45, 7) is 14.7. The molecule has 0 atom stereocenters. The van der Waals surface area contributed by atoms with Crippen molar-refractivity contribution in [1.82, 2.24) is 0 Å². The van der Waals surface area contributed by atoms with Crippen molar-refractivity contribution in [3.63, 3.8) is 0 Å². The molecular formula is C41H57N3O3. The standard InChI is InChI=1S/C12H13NO.2C11H11NO.3C2H6.CH4/c14-11-7-6-10-4-1-3-9-5-2-8-13(11)12(9)10;13-10-7-9-4-1-3-8-5-2-6-12(10)11(8)9;13-10-5-4-8-2-1-3-9-6-7-12(10)11(8)9;3*1-2;/h1,3-4H,2,5-8H2;1,3-4H,2,5-7H2;1-3H,4-7H2;3*1-2H3;1H4. The van der Waals surface area contributed by atoms with Gasteiger partial charge >= 0.3 is 0 Å². The predicted molar refractivity (Wildman–Crippen MR) is 198 cm³/mol. The lowest BCUT2D eigenvalue weighted by Crippen LogP contribution is -2.39. The van der Waals surface area contributed by atoms with E-state index in [1.54, 1.807) is 0 Å². The second kappa shape index (κ2) is 17.8. The van der Waals surface area contributed by atoms with E-state index in [4.69, 9.17) is 0 Å². The normalized spacial score (nSPS) is 16.7. The van der Waals surface area contributed by atoms with Crippen LogP contribution >= 0.6 is 0 Å². The maximum absolute atomic E-state index is 11.7. The Morgan fingerprint density at radius 3 is 1.21 bits per heavy atom. The molecule has 0 fully saturated rings. The molecule has 9 rings (SSSR count). The van der Waals surface area contributed by atoms with Gasteiger partial charge in [-0.2, -0.15) is 0 Å². The molecule has 0 saturated heterocycles. The number of rotatable bonds is 0. The summed E-state index contributed by atoms with van der Waals surface area (Å²) in [5, 5.41) is 0. The first-order valence-electron chi connectivity index (χ1n) is 17.8. The smallest absolute Gasteiger partial charge is 0.231 e. The molecule has 47 heavy (non-hydrogen) atoms. The summed E-state index contributed by atoms with van der Waals surface area (Å²) in [5.41, 5.74) is 11.7. The van der Waals surface area contributed by atoms with Crippen LogP contribution in [-0.4, -0.2) is 37.4 Å². The van der Waals surface area contributed by atoms with E-state index in [-0.39, 0.29) is 13.3 Å². The van der Waals surface area contributed by atoms with Crippen molar-refractivity contribution in [2.24, 2.45) is 0 Å². The van der Waals surface area contributed by atoms with Gasteiger partial charge in [-0.1, -0.05) is 104 Å². The predicted octanol–water partition coefficient (Wildman–Crippen LogP) is 8.67. The van der Waals surface area contributed by atoms with Gasteiger partial charge in [0.05, 0.1) is 17.8 Å². The molecule has 6 heteroatoms. The Kier molecular flexibility index (Phi) is 14.2. The zero-order valence-corrected chi connectivity index (χ0v) is 29.0. The van der Waals surface area contributed by atoms with Crippen molar-refractivity contribution in [2.45, 2.75) is 113 Å². The van der Waals surface area contributed by atoms with Crippen molar-refractivity contribution in [3.05, 3.63) is 88.0 Å². The summed E-state index contributed by atoms with van der Waals surface area (Å²) >= 11 is 0. The monoisotopic (exact) mass is 639 g/mol. The average Bonchev–Trinajstić information content (AvgIpc) is 3.71. The van der Waals surface area contributed by atoms with E-state index in [9.17, 15) is 14.4 Å². The third-order valence-corrected chi connectivity index (χ3v) is 9.14. The molecule has 0 unspecified atom stereocenters. The number of para-hydroxylation sites is 3. The van der Waals surface area contributed by atoms with Crippen LogP contribution in [0.15, 0.2) is 54.6 Å². The van der Waals surface area contributed by atoms with Crippen LogP contribution in [0.5, 0.6) is 0 Å². The first kappa shape index (κ1) is 37.5. The van der Waals surface area contributed by atoms with Gasteiger partial charge in [-0.25, -0.2) is 0 Å². The highest BCUT2D eigenvalue weighted by molar-refractivity contribution is 6.02. The van der Waals surface area contributed by atoms with Gasteiger partial charge in [0.2, 0.25) is 17.7 Å². The molecule has 6 aliphatic rings. The van der Waals surface area contributed by atoms with E-state index in [1.807, 2.05) is 56.2 Å². The maximum atomic E-state index is 11.7. The first-order chi connectivity index (χ1) is 22.6. The Bertz CT molecular complexity index is 1510. The number of nitrogens with zero attached hydrogens (tertiary/aromatic N) is 3. The van der Waals surface area contributed by atoms with Gasteiger partial charge in [0.1, 0.15) is 0 Å². The van der Waals surface area contributed by atoms with Gasteiger partial charge < -0.3 is 14.7 Å². The maximum Gasteiger partial charge on any atom is 0.231 e. The molecule has 0 N–H and O–H groups in total. The van der Waals surface area contributed by atoms with E-state index >= 15 is 0 Å². The summed E-state index contributed by atoms with van der Waals surface area (Å²) in [7, 11) is 0. The van der Waals surface area contributed by atoms with E-state index in [0.717, 1.165) is 64.6 Å². The van der Waals surface area contributed by atoms with Crippen molar-refractivity contribution in [2.75, 3.05) is 34.3 Å². The van der Waals surface area contributed by atoms with Crippen LogP contribution in [0.4, 0.5) is 17.1 Å². The SMILES string of the molecule is C.CC.CC.CC.O=C1CCc2cccc3c2N1CC3.O=C1CCc2cccc3c2N1CCC3.O=C1Cc2cccc3c2N1CCC3. The number of aryl methyl sites for hydroxylation is 4. The summed E-state index contributed by atoms with van der Waals surface area (Å²) in [5.74, 6) is 0.893. The Morgan fingerprint density at radius 1 is 0.404 bits per heavy atom. The van der Waals surface area contributed by atoms with Gasteiger partial charge in [-0.05, 0) is 78.3 Å². The van der Waals surface area contributed by atoms with Gasteiger partial charge in [0, 0.05) is 38.2 Å². The minimum Gasteiger partial charge on any atom is -0.312 e. The Hall–Kier alpha value is -3.93. The van der Waals surface area contributed by atoms with Crippen LogP contribution in [0.2, 0.25) is 0 Å². The lowest BCUT2D eigenvalue weighted by Gasteiger charge is -2.34. The van der Waals surface area contributed by atoms with E-state index in [2.05, 4.69) is 54.6 Å². The van der Waals surface area contributed by atoms with Crippen molar-refractivity contribution >= 4 is 34.8 Å². The molecule has 0 saturated carbocycles. The lowest BCUT2D eigenvalue weighted by molar-refractivity contribution is -0.119. The lowest BCUT2D eigenvalue weighted by atomic mass is 9.92. The molecule has 3 amide bonds. The zero-order chi connectivity index (χ0) is 33.2. The highest BCUT2D eigenvalue weighted by Crippen LogP contribution is 2.38. The summed E-state index contributed by atoms with van der Waals surface area (Å²) in [4.78, 5) is 40.7. The van der Waals surface area contributed by atoms with Crippen molar-refractivity contribution in [1.29, 1.82) is 0 Å². The summed E-state index contributed by atoms with van der Waals surface area (Å²) in [6.07, 6.45) is 9.38. The van der Waals surface area contributed by atoms with Gasteiger partial charge in [-0.3, -0.25) is 14.4 Å². The van der Waals surface area contributed by atoms with Crippen LogP contribution in [0.25, 0.3) is 0 Å². The average molecular weight is 640 g/mol. The van der Waals surface area contributed by atoms with E-state index in [1.165, 1.54) is 50.4 Å². The molecule has 254 valence electrons. The molecule has 0 aromatic heterocycles. The van der Waals surface area contributed by atoms with E-state index < -0.39 is 0 Å². The molecule has 3 aromatic carbocycles. The van der Waals surface area contributed by atoms with Crippen LogP contribution in [0.3, 0.4) is 0 Å². The number of benzene rings is 3. The molecule has 6 heterocycles. The molecule has 6 nitrogen and oxygen atoms in total. The second-order valence-electron chi connectivity index (χ2n) is 11.5. The van der Waals surface area contributed by atoms with Crippen LogP contribution in [0, 0.1) is 0 Å². The minimum absolute atomic E-state index is 0. The first-order valence-corrected chi connectivity index (χ1v) is 17.8. The summed E-state index contributed by atoms with van der Waals surface area (Å²) < 4.78 is 0. The largest absolute Gasteiger partial charge is 0.312 e. The Morgan fingerprint density at radius 2 is 0.745 bits per heavy atom. The van der Waals surface area contributed by atoms with Crippen LogP contribution in [0.1, 0.15) is 108 Å². The fourth-order valence-corrected chi connectivity index (χ4v) is 7.31. The Balaban J connectivity index is 0.000000176. The van der Waals surface area contributed by atoms with Crippen molar-refractivity contribution in [3.8, 4) is 0 Å². The quantitative estimate of drug-likeness (QED) is 0.247. The molecule has 6 aliphatic heterocycles. The number of carbonyl (C=O) groups excluding carboxylic acids is 3.